The van der Waals surface area contributed by atoms with Crippen LogP contribution in [0.3, 0.4) is 0 Å². The Hall–Kier alpha value is 0.540. The average molecular weight is 224 g/mol. The first-order chi connectivity index (χ1) is 6.29. The van der Waals surface area contributed by atoms with Crippen molar-refractivity contribution < 1.29 is 0 Å². The number of alkyl halides is 2. The van der Waals surface area contributed by atoms with Crippen molar-refractivity contribution in [1.82, 2.24) is 5.32 Å². The molecule has 1 rings (SSSR count). The van der Waals surface area contributed by atoms with Gasteiger partial charge in [0.2, 0.25) is 0 Å². The van der Waals surface area contributed by atoms with Gasteiger partial charge in [-0.25, -0.2) is 0 Å². The van der Waals surface area contributed by atoms with Crippen LogP contribution in [0, 0.1) is 0 Å². The maximum absolute atomic E-state index is 5.67. The van der Waals surface area contributed by atoms with E-state index in [2.05, 4.69) is 5.32 Å². The van der Waals surface area contributed by atoms with E-state index in [1.54, 1.807) is 0 Å². The van der Waals surface area contributed by atoms with Crippen LogP contribution in [0.1, 0.15) is 44.9 Å². The first-order valence-electron chi connectivity index (χ1n) is 5.30. The highest BCUT2D eigenvalue weighted by Gasteiger charge is 2.11. The standard InChI is InChI=1S/C10H19Cl2N/c11-10(12)8-13-9-6-4-2-1-3-5-7-9/h9-10,13H,1-8H2. The molecule has 13 heavy (non-hydrogen) atoms. The van der Waals surface area contributed by atoms with E-state index in [9.17, 15) is 0 Å². The van der Waals surface area contributed by atoms with E-state index in [1.165, 1.54) is 44.9 Å². The topological polar surface area (TPSA) is 12.0 Å². The molecule has 1 aliphatic carbocycles. The highest BCUT2D eigenvalue weighted by atomic mass is 35.5. The van der Waals surface area contributed by atoms with Crippen LogP contribution in [0.25, 0.3) is 0 Å². The second kappa shape index (κ2) is 6.92. The Morgan fingerprint density at radius 1 is 1.00 bits per heavy atom. The van der Waals surface area contributed by atoms with Crippen molar-refractivity contribution >= 4 is 23.2 Å². The molecule has 0 bridgehead atoms. The van der Waals surface area contributed by atoms with Crippen LogP contribution in [0.4, 0.5) is 0 Å². The Labute approximate surface area is 91.2 Å². The van der Waals surface area contributed by atoms with Crippen molar-refractivity contribution in [2.24, 2.45) is 0 Å². The smallest absolute Gasteiger partial charge is 0.120 e. The van der Waals surface area contributed by atoms with Gasteiger partial charge in [-0.1, -0.05) is 32.1 Å². The molecule has 0 saturated heterocycles. The lowest BCUT2D eigenvalue weighted by atomic mass is 9.97. The predicted octanol–water partition coefficient (Wildman–Crippen LogP) is 3.49. The Bertz CT molecular complexity index is 120. The summed E-state index contributed by atoms with van der Waals surface area (Å²) in [5.41, 5.74) is 0. The quantitative estimate of drug-likeness (QED) is 0.723. The van der Waals surface area contributed by atoms with Crippen LogP contribution >= 0.6 is 23.2 Å². The van der Waals surface area contributed by atoms with Crippen LogP contribution in [-0.2, 0) is 0 Å². The summed E-state index contributed by atoms with van der Waals surface area (Å²) in [5.74, 6) is 0. The zero-order valence-electron chi connectivity index (χ0n) is 8.07. The zero-order valence-corrected chi connectivity index (χ0v) is 9.58. The van der Waals surface area contributed by atoms with Gasteiger partial charge in [0, 0.05) is 12.6 Å². The lowest BCUT2D eigenvalue weighted by Crippen LogP contribution is -2.32. The molecule has 0 spiro atoms. The molecule has 0 unspecified atom stereocenters. The summed E-state index contributed by atoms with van der Waals surface area (Å²) in [6.07, 6.45) is 9.49. The van der Waals surface area contributed by atoms with Gasteiger partial charge in [0.1, 0.15) is 4.84 Å². The highest BCUT2D eigenvalue weighted by molar-refractivity contribution is 6.44. The molecule has 0 aromatic heterocycles. The van der Waals surface area contributed by atoms with Crippen LogP contribution in [0.15, 0.2) is 0 Å². The second-order valence-electron chi connectivity index (χ2n) is 3.84. The van der Waals surface area contributed by atoms with Gasteiger partial charge in [0.15, 0.2) is 0 Å². The van der Waals surface area contributed by atoms with Crippen molar-refractivity contribution in [3.8, 4) is 0 Å². The van der Waals surface area contributed by atoms with E-state index < -0.39 is 0 Å². The molecular weight excluding hydrogens is 205 g/mol. The molecule has 1 N–H and O–H groups in total. The third-order valence-corrected chi connectivity index (χ3v) is 2.97. The first-order valence-corrected chi connectivity index (χ1v) is 6.18. The van der Waals surface area contributed by atoms with Gasteiger partial charge >= 0.3 is 0 Å². The summed E-state index contributed by atoms with van der Waals surface area (Å²) < 4.78 is 0. The van der Waals surface area contributed by atoms with E-state index >= 15 is 0 Å². The Kier molecular flexibility index (Phi) is 6.18. The lowest BCUT2D eigenvalue weighted by Gasteiger charge is -2.21. The molecule has 1 saturated carbocycles. The molecule has 0 aromatic rings. The lowest BCUT2D eigenvalue weighted by molar-refractivity contribution is 0.395. The number of rotatable bonds is 3. The van der Waals surface area contributed by atoms with Crippen molar-refractivity contribution in [2.75, 3.05) is 6.54 Å². The number of nitrogens with one attached hydrogen (secondary N) is 1. The van der Waals surface area contributed by atoms with Crippen molar-refractivity contribution in [1.29, 1.82) is 0 Å². The van der Waals surface area contributed by atoms with E-state index in [4.69, 9.17) is 23.2 Å². The molecule has 0 radical (unpaired) electrons. The molecule has 1 nitrogen and oxygen atoms in total. The van der Waals surface area contributed by atoms with Gasteiger partial charge in [-0.2, -0.15) is 0 Å². The summed E-state index contributed by atoms with van der Waals surface area (Å²) in [5, 5.41) is 3.42. The monoisotopic (exact) mass is 223 g/mol. The number of hydrogen-bond donors (Lipinski definition) is 1. The molecule has 1 aliphatic rings. The Morgan fingerprint density at radius 3 is 2.08 bits per heavy atom. The SMILES string of the molecule is ClC(Cl)CNC1CCCCCCC1. The van der Waals surface area contributed by atoms with Gasteiger partial charge in [0.25, 0.3) is 0 Å². The van der Waals surface area contributed by atoms with Crippen molar-refractivity contribution in [2.45, 2.75) is 55.8 Å². The zero-order chi connectivity index (χ0) is 9.52. The molecule has 0 heterocycles. The molecule has 0 atom stereocenters. The molecule has 0 aliphatic heterocycles. The highest BCUT2D eigenvalue weighted by Crippen LogP contribution is 2.17. The normalized spacial score (nSPS) is 21.5. The van der Waals surface area contributed by atoms with E-state index in [0.29, 0.717) is 6.04 Å². The molecule has 1 fully saturated rings. The fraction of sp³-hybridized carbons (Fsp3) is 1.00. The van der Waals surface area contributed by atoms with Gasteiger partial charge < -0.3 is 5.32 Å². The van der Waals surface area contributed by atoms with Crippen LogP contribution in [0.2, 0.25) is 0 Å². The largest absolute Gasteiger partial charge is 0.311 e. The minimum absolute atomic E-state index is 0.259. The number of hydrogen-bond acceptors (Lipinski definition) is 1. The summed E-state index contributed by atoms with van der Waals surface area (Å²) in [6.45, 7) is 0.730. The Balaban J connectivity index is 2.14. The minimum Gasteiger partial charge on any atom is -0.311 e. The maximum atomic E-state index is 5.67. The molecule has 78 valence electrons. The molecular formula is C10H19Cl2N. The van der Waals surface area contributed by atoms with E-state index in [-0.39, 0.29) is 4.84 Å². The third-order valence-electron chi connectivity index (χ3n) is 2.67. The van der Waals surface area contributed by atoms with Gasteiger partial charge in [-0.05, 0) is 12.8 Å². The van der Waals surface area contributed by atoms with Crippen LogP contribution in [0.5, 0.6) is 0 Å². The van der Waals surface area contributed by atoms with E-state index in [1.807, 2.05) is 0 Å². The van der Waals surface area contributed by atoms with Gasteiger partial charge in [0.05, 0.1) is 0 Å². The molecule has 0 amide bonds. The fourth-order valence-corrected chi connectivity index (χ4v) is 2.09. The summed E-state index contributed by atoms with van der Waals surface area (Å²) in [4.78, 5) is -0.259. The first kappa shape index (κ1) is 11.6. The minimum atomic E-state index is -0.259. The second-order valence-corrected chi connectivity index (χ2v) is 5.12. The van der Waals surface area contributed by atoms with E-state index in [0.717, 1.165) is 6.54 Å². The summed E-state index contributed by atoms with van der Waals surface area (Å²) in [7, 11) is 0. The molecule has 3 heteroatoms. The van der Waals surface area contributed by atoms with Crippen molar-refractivity contribution in [3.63, 3.8) is 0 Å². The predicted molar refractivity (Wildman–Crippen MR) is 59.6 cm³/mol. The van der Waals surface area contributed by atoms with Gasteiger partial charge in [-0.3, -0.25) is 0 Å². The average Bonchev–Trinajstić information content (AvgIpc) is 2.01. The summed E-state index contributed by atoms with van der Waals surface area (Å²) >= 11 is 11.3. The van der Waals surface area contributed by atoms with Crippen molar-refractivity contribution in [3.05, 3.63) is 0 Å². The van der Waals surface area contributed by atoms with Gasteiger partial charge in [-0.15, -0.1) is 23.2 Å². The fourth-order valence-electron chi connectivity index (χ4n) is 1.92. The summed E-state index contributed by atoms with van der Waals surface area (Å²) in [6, 6.07) is 0.653. The van der Waals surface area contributed by atoms with Crippen LogP contribution in [-0.4, -0.2) is 17.4 Å². The Morgan fingerprint density at radius 2 is 1.54 bits per heavy atom. The number of halogens is 2. The third kappa shape index (κ3) is 5.77. The van der Waals surface area contributed by atoms with Crippen LogP contribution < -0.4 is 5.32 Å². The maximum Gasteiger partial charge on any atom is 0.120 e. The molecule has 0 aromatic carbocycles.